The average Bonchev–Trinajstić information content (AvgIpc) is 3.74. The van der Waals surface area contributed by atoms with E-state index < -0.39 is 5.54 Å². The molecule has 280 valence electrons. The average molecular weight is 740 g/mol. The summed E-state index contributed by atoms with van der Waals surface area (Å²) in [7, 11) is 4.72. The molecule has 0 aliphatic carbocycles. The smallest absolute Gasteiger partial charge is 0.260 e. The number of fused-ring (bicyclic) bond motifs is 4. The van der Waals surface area contributed by atoms with Crippen LogP contribution >= 0.6 is 0 Å². The minimum absolute atomic E-state index is 0.158. The van der Waals surface area contributed by atoms with Crippen LogP contribution in [0.3, 0.4) is 0 Å². The second-order valence-corrected chi connectivity index (χ2v) is 14.0. The first-order chi connectivity index (χ1) is 26.7. The number of hydrogen-bond acceptors (Lipinski definition) is 10. The summed E-state index contributed by atoms with van der Waals surface area (Å²) in [5.74, 6) is 2.25. The van der Waals surface area contributed by atoms with Gasteiger partial charge in [-0.3, -0.25) is 19.6 Å². The molecule has 0 spiro atoms. The highest BCUT2D eigenvalue weighted by atomic mass is 16.5. The van der Waals surface area contributed by atoms with Crippen molar-refractivity contribution in [2.75, 3.05) is 40.3 Å². The van der Waals surface area contributed by atoms with E-state index in [1.165, 1.54) is 0 Å². The molecule has 0 aromatic heterocycles. The first kappa shape index (κ1) is 35.5. The Morgan fingerprint density at radius 2 is 1.33 bits per heavy atom. The quantitative estimate of drug-likeness (QED) is 0.124. The summed E-state index contributed by atoms with van der Waals surface area (Å²) in [4.78, 5) is 40.6. The van der Waals surface area contributed by atoms with Gasteiger partial charge in [0.25, 0.3) is 11.8 Å². The van der Waals surface area contributed by atoms with Gasteiger partial charge in [0, 0.05) is 61.9 Å². The number of nitrogen functional groups attached to an aromatic ring is 1. The molecule has 2 N–H and O–H groups in total. The number of aliphatic imine (C=N–C) groups is 2. The molecule has 0 radical (unpaired) electrons. The fourth-order valence-electron chi connectivity index (χ4n) is 7.33. The van der Waals surface area contributed by atoms with E-state index in [9.17, 15) is 9.59 Å². The van der Waals surface area contributed by atoms with E-state index in [1.54, 1.807) is 55.4 Å². The van der Waals surface area contributed by atoms with Crippen LogP contribution in [0.4, 0.5) is 17.1 Å². The number of anilines is 1. The number of benzene rings is 4. The molecule has 1 unspecified atom stereocenters. The zero-order valence-electron chi connectivity index (χ0n) is 31.1. The lowest BCUT2D eigenvalue weighted by Gasteiger charge is -2.29. The van der Waals surface area contributed by atoms with Gasteiger partial charge in [-0.05, 0) is 65.6 Å². The Morgan fingerprint density at radius 1 is 0.727 bits per heavy atom. The van der Waals surface area contributed by atoms with Crippen molar-refractivity contribution in [2.24, 2.45) is 9.98 Å². The summed E-state index contributed by atoms with van der Waals surface area (Å²) in [5.41, 5.74) is 11.9. The number of hydrogen-bond donors (Lipinski definition) is 1. The van der Waals surface area contributed by atoms with E-state index in [2.05, 4.69) is 0 Å². The molecule has 4 heterocycles. The first-order valence-corrected chi connectivity index (χ1v) is 18.0. The Bertz CT molecular complexity index is 2300. The Balaban J connectivity index is 0.920. The summed E-state index contributed by atoms with van der Waals surface area (Å²) < 4.78 is 28.9. The highest BCUT2D eigenvalue weighted by Gasteiger charge is 2.42. The molecular weight excluding hydrogens is 699 g/mol. The van der Waals surface area contributed by atoms with Crippen LogP contribution in [-0.4, -0.2) is 80.2 Å². The van der Waals surface area contributed by atoms with Crippen LogP contribution in [0.2, 0.25) is 0 Å². The normalized spacial score (nSPS) is 19.4. The fourth-order valence-corrected chi connectivity index (χ4v) is 7.33. The molecule has 55 heavy (non-hydrogen) atoms. The summed E-state index contributed by atoms with van der Waals surface area (Å²) in [6.45, 7) is 2.60. The number of amides is 2. The molecule has 4 aliphatic heterocycles. The van der Waals surface area contributed by atoms with E-state index in [1.807, 2.05) is 80.3 Å². The summed E-state index contributed by atoms with van der Waals surface area (Å²) in [6.07, 6.45) is 9.21. The van der Waals surface area contributed by atoms with E-state index in [0.29, 0.717) is 83.7 Å². The standard InChI is InChI=1S/C43H41N5O7/c1-43-21-29(27-6-10-30(44)11-7-27)24-48(43)42(50)34-18-38(53-4)40(20-36(34)46-25-43)55-15-5-14-54-39-19-35-33(17-37(39)52-3)41(49)47-23-28(16-31(47)22-45-35)26-8-12-32(51-2)13-9-26/h6-13,17-20,22-25,31H,5,14-16,21,44H2,1-4H3/t31?,43-/m0/s1. The van der Waals surface area contributed by atoms with Crippen molar-refractivity contribution in [3.8, 4) is 28.7 Å². The van der Waals surface area contributed by atoms with Crippen LogP contribution < -0.4 is 29.4 Å². The van der Waals surface area contributed by atoms with Gasteiger partial charge in [-0.1, -0.05) is 24.3 Å². The molecule has 12 heteroatoms. The lowest BCUT2D eigenvalue weighted by molar-refractivity contribution is 0.0762. The van der Waals surface area contributed by atoms with Gasteiger partial charge in [0.15, 0.2) is 23.0 Å². The van der Waals surface area contributed by atoms with Crippen molar-refractivity contribution in [3.05, 3.63) is 107 Å². The maximum absolute atomic E-state index is 13.9. The number of nitrogens with two attached hydrogens (primary N) is 1. The maximum atomic E-state index is 13.9. The number of methoxy groups -OCH3 is 3. The van der Waals surface area contributed by atoms with Crippen LogP contribution in [0.1, 0.15) is 58.0 Å². The first-order valence-electron chi connectivity index (χ1n) is 18.0. The summed E-state index contributed by atoms with van der Waals surface area (Å²) >= 11 is 0. The molecule has 0 fully saturated rings. The molecule has 2 amide bonds. The lowest BCUT2D eigenvalue weighted by atomic mass is 9.93. The van der Waals surface area contributed by atoms with Crippen LogP contribution in [0, 0.1) is 0 Å². The Labute approximate surface area is 319 Å². The summed E-state index contributed by atoms with van der Waals surface area (Å²) in [6, 6.07) is 22.1. The number of rotatable bonds is 11. The lowest BCUT2D eigenvalue weighted by Crippen LogP contribution is -2.43. The summed E-state index contributed by atoms with van der Waals surface area (Å²) in [5, 5.41) is 0. The van der Waals surface area contributed by atoms with Gasteiger partial charge in [-0.2, -0.15) is 0 Å². The second kappa shape index (κ2) is 14.3. The van der Waals surface area contributed by atoms with Crippen LogP contribution in [-0.2, 0) is 0 Å². The monoisotopic (exact) mass is 739 g/mol. The van der Waals surface area contributed by atoms with Gasteiger partial charge in [-0.15, -0.1) is 0 Å². The third kappa shape index (κ3) is 6.64. The molecule has 4 aromatic carbocycles. The zero-order chi connectivity index (χ0) is 38.3. The number of carbonyl (C=O) groups is 2. The van der Waals surface area contributed by atoms with Crippen molar-refractivity contribution in [2.45, 2.75) is 37.8 Å². The van der Waals surface area contributed by atoms with Gasteiger partial charge in [-0.25, -0.2) is 0 Å². The van der Waals surface area contributed by atoms with E-state index >= 15 is 0 Å². The van der Waals surface area contributed by atoms with Crippen molar-refractivity contribution in [1.82, 2.24) is 9.80 Å². The highest BCUT2D eigenvalue weighted by Crippen LogP contribution is 2.44. The van der Waals surface area contributed by atoms with Gasteiger partial charge >= 0.3 is 0 Å². The highest BCUT2D eigenvalue weighted by molar-refractivity contribution is 6.07. The Kier molecular flexibility index (Phi) is 9.25. The van der Waals surface area contributed by atoms with Crippen molar-refractivity contribution in [1.29, 1.82) is 0 Å². The predicted molar refractivity (Wildman–Crippen MR) is 211 cm³/mol. The largest absolute Gasteiger partial charge is 0.497 e. The minimum atomic E-state index is -0.636. The van der Waals surface area contributed by atoms with Crippen LogP contribution in [0.5, 0.6) is 28.7 Å². The molecule has 0 saturated carbocycles. The second-order valence-electron chi connectivity index (χ2n) is 14.0. The van der Waals surface area contributed by atoms with E-state index in [-0.39, 0.29) is 17.9 Å². The molecule has 0 bridgehead atoms. The molecule has 8 rings (SSSR count). The van der Waals surface area contributed by atoms with Crippen molar-refractivity contribution in [3.63, 3.8) is 0 Å². The maximum Gasteiger partial charge on any atom is 0.260 e. The third-order valence-electron chi connectivity index (χ3n) is 10.4. The predicted octanol–water partition coefficient (Wildman–Crippen LogP) is 7.48. The minimum Gasteiger partial charge on any atom is -0.497 e. The van der Waals surface area contributed by atoms with Crippen LogP contribution in [0.15, 0.2) is 95.2 Å². The number of nitrogens with zero attached hydrogens (tertiary/aromatic N) is 4. The molecule has 4 aliphatic rings. The van der Waals surface area contributed by atoms with Gasteiger partial charge in [0.05, 0.1) is 68.6 Å². The Morgan fingerprint density at radius 3 is 1.96 bits per heavy atom. The zero-order valence-corrected chi connectivity index (χ0v) is 31.1. The topological polar surface area (TPSA) is 138 Å². The molecule has 2 atom stereocenters. The molecule has 12 nitrogen and oxygen atoms in total. The van der Waals surface area contributed by atoms with Crippen molar-refractivity contribution < 1.29 is 33.3 Å². The SMILES string of the molecule is COc1ccc(C2=CN3C(=O)c4cc(OC)c(OCCCOc5cc6c(cc5OC)C(=O)N5C=C(c7ccc(N)cc7)C[C@@]5(C)C=N6)cc4N=CC3C2)cc1. The van der Waals surface area contributed by atoms with Gasteiger partial charge in [0.2, 0.25) is 0 Å². The number of carbonyl (C=O) groups excluding carboxylic acids is 2. The van der Waals surface area contributed by atoms with Crippen LogP contribution in [0.25, 0.3) is 11.1 Å². The Hall–Kier alpha value is -6.56. The van der Waals surface area contributed by atoms with Crippen molar-refractivity contribution >= 4 is 52.5 Å². The van der Waals surface area contributed by atoms with Gasteiger partial charge < -0.3 is 39.2 Å². The van der Waals surface area contributed by atoms with E-state index in [4.69, 9.17) is 39.4 Å². The van der Waals surface area contributed by atoms with E-state index in [0.717, 1.165) is 28.0 Å². The fraction of sp³-hybridized carbons (Fsp3) is 0.256. The van der Waals surface area contributed by atoms with Gasteiger partial charge in [0.1, 0.15) is 5.75 Å². The number of ether oxygens (including phenoxy) is 5. The molecular formula is C43H41N5O7. The molecule has 0 saturated heterocycles. The molecule has 4 aromatic rings. The third-order valence-corrected chi connectivity index (χ3v) is 10.4.